The molecule has 11 nitrogen and oxygen atoms in total. The predicted octanol–water partition coefficient (Wildman–Crippen LogP) is -1.96. The highest BCUT2D eigenvalue weighted by Crippen LogP contribution is 2.07. The van der Waals surface area contributed by atoms with E-state index in [-0.39, 0.29) is 12.3 Å². The normalized spacial score (nSPS) is 16.3. The molecule has 0 aliphatic carbocycles. The maximum Gasteiger partial charge on any atom is 0.325 e. The van der Waals surface area contributed by atoms with Crippen LogP contribution in [0.5, 0.6) is 0 Å². The second-order valence-electron chi connectivity index (χ2n) is 7.41. The van der Waals surface area contributed by atoms with E-state index >= 15 is 0 Å². The van der Waals surface area contributed by atoms with Crippen molar-refractivity contribution in [2.75, 3.05) is 6.54 Å². The van der Waals surface area contributed by atoms with Crippen molar-refractivity contribution < 1.29 is 29.4 Å². The van der Waals surface area contributed by atoms with E-state index in [4.69, 9.17) is 16.6 Å². The van der Waals surface area contributed by atoms with E-state index in [2.05, 4.69) is 16.0 Å². The van der Waals surface area contributed by atoms with Gasteiger partial charge in [-0.2, -0.15) is 0 Å². The Morgan fingerprint density at radius 1 is 0.897 bits per heavy atom. The number of nitrogens with two attached hydrogens (primary N) is 2. The molecule has 9 N–H and O–H groups in total. The zero-order valence-electron chi connectivity index (χ0n) is 17.5. The van der Waals surface area contributed by atoms with Crippen LogP contribution in [0.3, 0.4) is 0 Å². The van der Waals surface area contributed by atoms with Crippen molar-refractivity contribution in [3.8, 4) is 0 Å². The summed E-state index contributed by atoms with van der Waals surface area (Å²) in [6, 6.07) is -4.31. The minimum Gasteiger partial charge on any atom is -0.480 e. The lowest BCUT2D eigenvalue weighted by Gasteiger charge is -2.27. The van der Waals surface area contributed by atoms with Gasteiger partial charge >= 0.3 is 5.97 Å². The van der Waals surface area contributed by atoms with Gasteiger partial charge in [-0.1, -0.05) is 13.8 Å². The van der Waals surface area contributed by atoms with Crippen molar-refractivity contribution in [3.05, 3.63) is 0 Å². The minimum atomic E-state index is -1.20. The van der Waals surface area contributed by atoms with Gasteiger partial charge < -0.3 is 37.6 Å². The Morgan fingerprint density at radius 3 is 1.93 bits per heavy atom. The van der Waals surface area contributed by atoms with Gasteiger partial charge in [0.1, 0.15) is 24.2 Å². The molecule has 0 saturated heterocycles. The molecule has 0 rings (SSSR count). The lowest BCUT2D eigenvalue weighted by atomic mass is 10.0. The van der Waals surface area contributed by atoms with Gasteiger partial charge in [0, 0.05) is 0 Å². The van der Waals surface area contributed by atoms with Crippen LogP contribution in [0.1, 0.15) is 47.0 Å². The maximum atomic E-state index is 12.7. The summed E-state index contributed by atoms with van der Waals surface area (Å²) >= 11 is 0. The van der Waals surface area contributed by atoms with Gasteiger partial charge in [-0.25, -0.2) is 0 Å². The zero-order chi connectivity index (χ0) is 22.7. The van der Waals surface area contributed by atoms with E-state index in [1.165, 1.54) is 13.8 Å². The van der Waals surface area contributed by atoms with Crippen LogP contribution in [0, 0.1) is 5.92 Å². The lowest BCUT2D eigenvalue weighted by molar-refractivity contribution is -0.142. The summed E-state index contributed by atoms with van der Waals surface area (Å²) in [6.45, 7) is 6.49. The molecule has 0 radical (unpaired) electrons. The number of hydrogen-bond acceptors (Lipinski definition) is 7. The van der Waals surface area contributed by atoms with Gasteiger partial charge in [0.2, 0.25) is 17.7 Å². The number of hydrogen-bond donors (Lipinski definition) is 7. The smallest absolute Gasteiger partial charge is 0.325 e. The molecule has 0 aromatic rings. The first-order valence-corrected chi connectivity index (χ1v) is 9.69. The molecule has 0 heterocycles. The quantitative estimate of drug-likeness (QED) is 0.168. The summed E-state index contributed by atoms with van der Waals surface area (Å²) in [4.78, 5) is 48.3. The van der Waals surface area contributed by atoms with Gasteiger partial charge in [-0.05, 0) is 45.6 Å². The molecule has 0 saturated carbocycles. The summed E-state index contributed by atoms with van der Waals surface area (Å²) < 4.78 is 0. The van der Waals surface area contributed by atoms with Crippen LogP contribution in [-0.2, 0) is 19.2 Å². The lowest BCUT2D eigenvalue weighted by Crippen LogP contribution is -2.59. The van der Waals surface area contributed by atoms with Crippen LogP contribution >= 0.6 is 0 Å². The molecule has 0 fully saturated rings. The molecule has 0 aromatic carbocycles. The van der Waals surface area contributed by atoms with Gasteiger partial charge in [0.05, 0.1) is 6.10 Å². The SMILES string of the molecule is CC(NC(=O)C(CCCCN)NC(=O)C(NC(=O)C(N)C(C)O)C(C)C)C(=O)O. The fourth-order valence-electron chi connectivity index (χ4n) is 2.40. The molecule has 168 valence electrons. The van der Waals surface area contributed by atoms with Gasteiger partial charge in [0.15, 0.2) is 0 Å². The van der Waals surface area contributed by atoms with E-state index in [9.17, 15) is 24.3 Å². The molecule has 0 aliphatic heterocycles. The fourth-order valence-corrected chi connectivity index (χ4v) is 2.40. The first-order chi connectivity index (χ1) is 13.4. The third kappa shape index (κ3) is 9.68. The van der Waals surface area contributed by atoms with Crippen molar-refractivity contribution in [2.45, 2.75) is 77.2 Å². The number of carbonyl (C=O) groups excluding carboxylic acids is 3. The number of unbranched alkanes of at least 4 members (excludes halogenated alkanes) is 1. The molecule has 29 heavy (non-hydrogen) atoms. The molecule has 0 spiro atoms. The first kappa shape index (κ1) is 26.8. The molecule has 0 aliphatic rings. The Morgan fingerprint density at radius 2 is 1.48 bits per heavy atom. The van der Waals surface area contributed by atoms with Gasteiger partial charge in [-0.15, -0.1) is 0 Å². The van der Waals surface area contributed by atoms with E-state index < -0.39 is 54.0 Å². The van der Waals surface area contributed by atoms with Crippen molar-refractivity contribution in [3.63, 3.8) is 0 Å². The molecule has 0 aromatic heterocycles. The Hall–Kier alpha value is -2.24. The van der Waals surface area contributed by atoms with Crippen LogP contribution in [-0.4, -0.2) is 70.7 Å². The third-order valence-corrected chi connectivity index (χ3v) is 4.38. The number of aliphatic hydroxyl groups excluding tert-OH is 1. The predicted molar refractivity (Wildman–Crippen MR) is 107 cm³/mol. The number of rotatable bonds is 13. The number of carboxylic acids is 1. The van der Waals surface area contributed by atoms with Gasteiger partial charge in [-0.3, -0.25) is 19.2 Å². The summed E-state index contributed by atoms with van der Waals surface area (Å²) in [6.07, 6.45) is 0.328. The second-order valence-corrected chi connectivity index (χ2v) is 7.41. The van der Waals surface area contributed by atoms with Crippen molar-refractivity contribution in [1.82, 2.24) is 16.0 Å². The summed E-state index contributed by atoms with van der Waals surface area (Å²) in [5.74, 6) is -3.48. The number of carbonyl (C=O) groups is 4. The molecule has 0 bridgehead atoms. The minimum absolute atomic E-state index is 0.257. The van der Waals surface area contributed by atoms with E-state index in [1.54, 1.807) is 13.8 Å². The van der Waals surface area contributed by atoms with Crippen molar-refractivity contribution >= 4 is 23.7 Å². The second kappa shape index (κ2) is 13.1. The highest BCUT2D eigenvalue weighted by atomic mass is 16.4. The van der Waals surface area contributed by atoms with Gasteiger partial charge in [0.25, 0.3) is 0 Å². The molecular formula is C18H35N5O6. The molecule has 3 amide bonds. The number of aliphatic carboxylic acids is 1. The van der Waals surface area contributed by atoms with E-state index in [0.717, 1.165) is 0 Å². The molecule has 5 unspecified atom stereocenters. The number of nitrogens with one attached hydrogen (secondary N) is 3. The fraction of sp³-hybridized carbons (Fsp3) is 0.778. The van der Waals surface area contributed by atoms with Crippen LogP contribution in [0.15, 0.2) is 0 Å². The van der Waals surface area contributed by atoms with Crippen molar-refractivity contribution in [2.24, 2.45) is 17.4 Å². The standard InChI is InChI=1S/C18H35N5O6/c1-9(2)14(23-16(26)13(20)11(4)24)17(27)22-12(7-5-6-8-19)15(25)21-10(3)18(28)29/h9-14,24H,5-8,19-20H2,1-4H3,(H,21,25)(H,22,27)(H,23,26)(H,28,29). The topological polar surface area (TPSA) is 197 Å². The number of amides is 3. The highest BCUT2D eigenvalue weighted by molar-refractivity contribution is 5.94. The summed E-state index contributed by atoms with van der Waals surface area (Å²) in [5.41, 5.74) is 11.1. The Kier molecular flexibility index (Phi) is 12.1. The molecule has 5 atom stereocenters. The molecular weight excluding hydrogens is 382 g/mol. The highest BCUT2D eigenvalue weighted by Gasteiger charge is 2.31. The average Bonchev–Trinajstić information content (AvgIpc) is 2.63. The monoisotopic (exact) mass is 417 g/mol. The first-order valence-electron chi connectivity index (χ1n) is 9.69. The Balaban J connectivity index is 5.27. The van der Waals surface area contributed by atoms with Crippen molar-refractivity contribution in [1.29, 1.82) is 0 Å². The Labute approximate surface area is 171 Å². The van der Waals surface area contributed by atoms with Crippen LogP contribution in [0.25, 0.3) is 0 Å². The number of aliphatic hydroxyl groups is 1. The summed E-state index contributed by atoms with van der Waals surface area (Å²) in [7, 11) is 0. The molecule has 11 heteroatoms. The number of carboxylic acid groups (broad SMARTS) is 1. The van der Waals surface area contributed by atoms with Crippen LogP contribution < -0.4 is 27.4 Å². The van der Waals surface area contributed by atoms with E-state index in [1.807, 2.05) is 0 Å². The summed E-state index contributed by atoms with van der Waals surface area (Å²) in [5, 5.41) is 25.8. The van der Waals surface area contributed by atoms with E-state index in [0.29, 0.717) is 19.4 Å². The maximum absolute atomic E-state index is 12.7. The van der Waals surface area contributed by atoms with Crippen LogP contribution in [0.2, 0.25) is 0 Å². The van der Waals surface area contributed by atoms with Crippen LogP contribution in [0.4, 0.5) is 0 Å². The average molecular weight is 418 g/mol. The largest absolute Gasteiger partial charge is 0.480 e. The third-order valence-electron chi connectivity index (χ3n) is 4.38. The Bertz CT molecular complexity index is 569. The zero-order valence-corrected chi connectivity index (χ0v) is 17.5.